The molecule has 2 rings (SSSR count). The predicted molar refractivity (Wildman–Crippen MR) is 57.5 cm³/mol. The van der Waals surface area contributed by atoms with Crippen LogP contribution in [-0.4, -0.2) is 20.2 Å². The zero-order valence-corrected chi connectivity index (χ0v) is 9.69. The highest BCUT2D eigenvalue weighted by molar-refractivity contribution is 5.20. The van der Waals surface area contributed by atoms with Gasteiger partial charge in [0.15, 0.2) is 0 Å². The summed E-state index contributed by atoms with van der Waals surface area (Å²) < 4.78 is 6.84. The van der Waals surface area contributed by atoms with Crippen LogP contribution in [0.4, 0.5) is 0 Å². The second-order valence-electron chi connectivity index (χ2n) is 3.76. The summed E-state index contributed by atoms with van der Waals surface area (Å²) in [6.07, 6.45) is 1.75. The maximum Gasteiger partial charge on any atom is 0.138 e. The molecule has 1 N–H and O–H groups in total. The van der Waals surface area contributed by atoms with E-state index in [0.717, 1.165) is 35.8 Å². The van der Waals surface area contributed by atoms with Gasteiger partial charge in [0.1, 0.15) is 5.76 Å². The fraction of sp³-hybridized carbons (Fsp3) is 0.500. The normalized spacial score (nSPS) is 10.9. The van der Waals surface area contributed by atoms with Crippen molar-refractivity contribution in [1.29, 1.82) is 0 Å². The SMILES string of the molecule is Cc1noc(C)c1CNCc1cnnn1C. The number of hydrogen-bond donors (Lipinski definition) is 1. The average molecular weight is 221 g/mol. The Morgan fingerprint density at radius 3 is 2.75 bits per heavy atom. The molecule has 6 nitrogen and oxygen atoms in total. The molecule has 2 heterocycles. The first-order chi connectivity index (χ1) is 7.68. The lowest BCUT2D eigenvalue weighted by Gasteiger charge is -2.03. The van der Waals surface area contributed by atoms with E-state index in [2.05, 4.69) is 20.8 Å². The Morgan fingerprint density at radius 1 is 1.38 bits per heavy atom. The van der Waals surface area contributed by atoms with E-state index in [-0.39, 0.29) is 0 Å². The van der Waals surface area contributed by atoms with Crippen LogP contribution in [0.15, 0.2) is 10.7 Å². The van der Waals surface area contributed by atoms with E-state index >= 15 is 0 Å². The molecule has 0 radical (unpaired) electrons. The largest absolute Gasteiger partial charge is 0.361 e. The van der Waals surface area contributed by atoms with Crippen molar-refractivity contribution in [1.82, 2.24) is 25.5 Å². The summed E-state index contributed by atoms with van der Waals surface area (Å²) in [5, 5.41) is 14.9. The Morgan fingerprint density at radius 2 is 2.19 bits per heavy atom. The van der Waals surface area contributed by atoms with Crippen molar-refractivity contribution in [2.75, 3.05) is 0 Å². The summed E-state index contributed by atoms with van der Waals surface area (Å²) in [5.74, 6) is 0.869. The number of aromatic nitrogens is 4. The molecule has 0 amide bonds. The lowest BCUT2D eigenvalue weighted by Crippen LogP contribution is -2.16. The highest BCUT2D eigenvalue weighted by Gasteiger charge is 2.08. The third kappa shape index (κ3) is 2.11. The van der Waals surface area contributed by atoms with Crippen molar-refractivity contribution in [3.63, 3.8) is 0 Å². The van der Waals surface area contributed by atoms with Crippen LogP contribution in [0.25, 0.3) is 0 Å². The molecule has 2 aromatic heterocycles. The van der Waals surface area contributed by atoms with Gasteiger partial charge < -0.3 is 9.84 Å². The number of hydrogen-bond acceptors (Lipinski definition) is 5. The number of rotatable bonds is 4. The lowest BCUT2D eigenvalue weighted by atomic mass is 10.2. The quantitative estimate of drug-likeness (QED) is 0.823. The van der Waals surface area contributed by atoms with Crippen LogP contribution >= 0.6 is 0 Å². The van der Waals surface area contributed by atoms with Gasteiger partial charge in [-0.25, -0.2) is 0 Å². The molecule has 0 bridgehead atoms. The van der Waals surface area contributed by atoms with E-state index in [1.54, 1.807) is 10.9 Å². The molecule has 0 aliphatic carbocycles. The van der Waals surface area contributed by atoms with Gasteiger partial charge in [0.25, 0.3) is 0 Å². The standard InChI is InChI=1S/C10H15N5O/c1-7-10(8(2)16-13-7)6-11-4-9-5-12-14-15(9)3/h5,11H,4,6H2,1-3H3. The summed E-state index contributed by atoms with van der Waals surface area (Å²) in [6, 6.07) is 0. The van der Waals surface area contributed by atoms with E-state index in [4.69, 9.17) is 4.52 Å². The summed E-state index contributed by atoms with van der Waals surface area (Å²) in [7, 11) is 1.87. The van der Waals surface area contributed by atoms with Crippen molar-refractivity contribution < 1.29 is 4.52 Å². The average Bonchev–Trinajstić information content (AvgIpc) is 2.79. The van der Waals surface area contributed by atoms with Crippen LogP contribution in [0.3, 0.4) is 0 Å². The van der Waals surface area contributed by atoms with Crippen LogP contribution in [0.2, 0.25) is 0 Å². The Balaban J connectivity index is 1.92. The fourth-order valence-electron chi connectivity index (χ4n) is 1.54. The smallest absolute Gasteiger partial charge is 0.138 e. The second-order valence-corrected chi connectivity index (χ2v) is 3.76. The molecule has 86 valence electrons. The summed E-state index contributed by atoms with van der Waals surface area (Å²) in [5.41, 5.74) is 3.11. The molecule has 0 saturated heterocycles. The van der Waals surface area contributed by atoms with E-state index in [9.17, 15) is 0 Å². The van der Waals surface area contributed by atoms with Crippen LogP contribution in [0.5, 0.6) is 0 Å². The van der Waals surface area contributed by atoms with Gasteiger partial charge in [-0.2, -0.15) is 0 Å². The van der Waals surface area contributed by atoms with E-state index < -0.39 is 0 Å². The Labute approximate surface area is 93.6 Å². The Hall–Kier alpha value is -1.69. The van der Waals surface area contributed by atoms with Gasteiger partial charge in [-0.3, -0.25) is 4.68 Å². The van der Waals surface area contributed by atoms with Crippen LogP contribution < -0.4 is 5.32 Å². The Kier molecular flexibility index (Phi) is 3.00. The molecule has 0 unspecified atom stereocenters. The predicted octanol–water partition coefficient (Wildman–Crippen LogP) is 0.710. The number of aryl methyl sites for hydroxylation is 3. The van der Waals surface area contributed by atoms with Crippen molar-refractivity contribution in [3.8, 4) is 0 Å². The van der Waals surface area contributed by atoms with E-state index in [1.165, 1.54) is 0 Å². The van der Waals surface area contributed by atoms with E-state index in [1.807, 2.05) is 20.9 Å². The van der Waals surface area contributed by atoms with Gasteiger partial charge in [0.05, 0.1) is 17.6 Å². The van der Waals surface area contributed by atoms with Gasteiger partial charge in [-0.15, -0.1) is 5.10 Å². The molecule has 16 heavy (non-hydrogen) atoms. The first kappa shape index (κ1) is 10.8. The molecule has 0 fully saturated rings. The van der Waals surface area contributed by atoms with Crippen LogP contribution in [-0.2, 0) is 20.1 Å². The summed E-state index contributed by atoms with van der Waals surface area (Å²) in [6.45, 7) is 5.34. The highest BCUT2D eigenvalue weighted by atomic mass is 16.5. The molecular formula is C10H15N5O. The summed E-state index contributed by atoms with van der Waals surface area (Å²) in [4.78, 5) is 0. The maximum absolute atomic E-state index is 5.09. The minimum atomic E-state index is 0.730. The summed E-state index contributed by atoms with van der Waals surface area (Å²) >= 11 is 0. The molecule has 0 aliphatic rings. The van der Waals surface area contributed by atoms with Gasteiger partial charge in [0, 0.05) is 25.7 Å². The van der Waals surface area contributed by atoms with Gasteiger partial charge in [0.2, 0.25) is 0 Å². The monoisotopic (exact) mass is 221 g/mol. The van der Waals surface area contributed by atoms with Crippen molar-refractivity contribution in [2.24, 2.45) is 7.05 Å². The molecule has 0 saturated carbocycles. The second kappa shape index (κ2) is 4.44. The maximum atomic E-state index is 5.09. The van der Waals surface area contributed by atoms with E-state index in [0.29, 0.717) is 0 Å². The topological polar surface area (TPSA) is 68.8 Å². The molecule has 0 aliphatic heterocycles. The first-order valence-electron chi connectivity index (χ1n) is 5.14. The third-order valence-electron chi connectivity index (χ3n) is 2.60. The first-order valence-corrected chi connectivity index (χ1v) is 5.14. The molecule has 6 heteroatoms. The minimum absolute atomic E-state index is 0.730. The Bertz CT molecular complexity index is 454. The van der Waals surface area contributed by atoms with Crippen LogP contribution in [0.1, 0.15) is 22.7 Å². The highest BCUT2D eigenvalue weighted by Crippen LogP contribution is 2.11. The zero-order valence-electron chi connectivity index (χ0n) is 9.69. The molecule has 0 aromatic carbocycles. The molecular weight excluding hydrogens is 206 g/mol. The molecule has 2 aromatic rings. The molecule has 0 atom stereocenters. The van der Waals surface area contributed by atoms with Crippen molar-refractivity contribution in [3.05, 3.63) is 28.9 Å². The number of nitrogens with one attached hydrogen (secondary N) is 1. The molecule has 0 spiro atoms. The minimum Gasteiger partial charge on any atom is -0.361 e. The van der Waals surface area contributed by atoms with Gasteiger partial charge in [-0.05, 0) is 13.8 Å². The van der Waals surface area contributed by atoms with Crippen molar-refractivity contribution in [2.45, 2.75) is 26.9 Å². The van der Waals surface area contributed by atoms with Crippen molar-refractivity contribution >= 4 is 0 Å². The van der Waals surface area contributed by atoms with Crippen LogP contribution in [0, 0.1) is 13.8 Å². The lowest BCUT2D eigenvalue weighted by molar-refractivity contribution is 0.391. The fourth-order valence-corrected chi connectivity index (χ4v) is 1.54. The van der Waals surface area contributed by atoms with Gasteiger partial charge in [-0.1, -0.05) is 10.4 Å². The number of nitrogens with zero attached hydrogens (tertiary/aromatic N) is 4. The third-order valence-corrected chi connectivity index (χ3v) is 2.60. The zero-order chi connectivity index (χ0) is 11.5. The van der Waals surface area contributed by atoms with Gasteiger partial charge >= 0.3 is 0 Å².